The van der Waals surface area contributed by atoms with E-state index < -0.39 is 0 Å². The summed E-state index contributed by atoms with van der Waals surface area (Å²) in [6.45, 7) is 2.10. The van der Waals surface area contributed by atoms with Crippen LogP contribution >= 0.6 is 22.7 Å². The fourth-order valence-electron chi connectivity index (χ4n) is 1.78. The number of nitrogens with two attached hydrogens (primary N) is 1. The maximum atomic E-state index is 5.67. The Morgan fingerprint density at radius 1 is 1.16 bits per heavy atom. The molecule has 5 heteroatoms. The number of benzene rings is 1. The van der Waals surface area contributed by atoms with E-state index in [0.29, 0.717) is 0 Å². The number of aryl methyl sites for hydroxylation is 1. The minimum Gasteiger partial charge on any atom is -0.399 e. The van der Waals surface area contributed by atoms with E-state index in [1.165, 1.54) is 9.75 Å². The van der Waals surface area contributed by atoms with Crippen LogP contribution in [0.25, 0.3) is 10.6 Å². The van der Waals surface area contributed by atoms with Crippen LogP contribution in [0.1, 0.15) is 4.88 Å². The molecule has 0 spiro atoms. The second-order valence-corrected chi connectivity index (χ2v) is 6.30. The van der Waals surface area contributed by atoms with E-state index in [1.54, 1.807) is 22.7 Å². The van der Waals surface area contributed by atoms with Gasteiger partial charge in [0.15, 0.2) is 5.13 Å². The van der Waals surface area contributed by atoms with Gasteiger partial charge in [0.05, 0.1) is 10.6 Å². The van der Waals surface area contributed by atoms with Crippen molar-refractivity contribution in [1.82, 2.24) is 4.98 Å². The molecule has 0 amide bonds. The summed E-state index contributed by atoms with van der Waals surface area (Å²) in [7, 11) is 0. The number of nitrogens with zero attached hydrogens (tertiary/aromatic N) is 1. The highest BCUT2D eigenvalue weighted by Crippen LogP contribution is 2.34. The predicted molar refractivity (Wildman–Crippen MR) is 84.3 cm³/mol. The van der Waals surface area contributed by atoms with Gasteiger partial charge >= 0.3 is 0 Å². The maximum absolute atomic E-state index is 5.67. The number of rotatable bonds is 3. The van der Waals surface area contributed by atoms with E-state index in [1.807, 2.05) is 30.3 Å². The Morgan fingerprint density at radius 2 is 1.95 bits per heavy atom. The highest BCUT2D eigenvalue weighted by atomic mass is 32.1. The molecule has 0 atom stereocenters. The lowest BCUT2D eigenvalue weighted by Gasteiger charge is -2.02. The largest absolute Gasteiger partial charge is 0.399 e. The molecule has 0 aliphatic rings. The highest BCUT2D eigenvalue weighted by molar-refractivity contribution is 7.17. The van der Waals surface area contributed by atoms with Crippen molar-refractivity contribution >= 4 is 39.2 Å². The molecule has 0 saturated heterocycles. The van der Waals surface area contributed by atoms with Gasteiger partial charge in [-0.05, 0) is 42.6 Å². The molecule has 0 aliphatic carbocycles. The number of nitrogens with one attached hydrogen (secondary N) is 1. The average molecular weight is 287 g/mol. The number of anilines is 3. The standard InChI is InChI=1S/C14H13N3S2/c1-9-13(12-3-2-8-18-12)17-14(19-9)16-11-6-4-10(15)5-7-11/h2-8H,15H2,1H3,(H,16,17). The smallest absolute Gasteiger partial charge is 0.187 e. The zero-order valence-corrected chi connectivity index (χ0v) is 12.0. The number of aromatic nitrogens is 1. The van der Waals surface area contributed by atoms with Crippen LogP contribution in [0.5, 0.6) is 0 Å². The molecule has 3 N–H and O–H groups in total. The Morgan fingerprint density at radius 3 is 2.63 bits per heavy atom. The van der Waals surface area contributed by atoms with Gasteiger partial charge in [0.1, 0.15) is 0 Å². The number of hydrogen-bond acceptors (Lipinski definition) is 5. The van der Waals surface area contributed by atoms with Crippen LogP contribution in [0.4, 0.5) is 16.5 Å². The highest BCUT2D eigenvalue weighted by Gasteiger charge is 2.10. The first-order valence-electron chi connectivity index (χ1n) is 5.86. The second-order valence-electron chi connectivity index (χ2n) is 4.15. The number of hydrogen-bond donors (Lipinski definition) is 2. The van der Waals surface area contributed by atoms with Crippen molar-refractivity contribution in [3.05, 3.63) is 46.7 Å². The van der Waals surface area contributed by atoms with Gasteiger partial charge < -0.3 is 11.1 Å². The predicted octanol–water partition coefficient (Wildman–Crippen LogP) is 4.51. The minimum absolute atomic E-state index is 0.764. The summed E-state index contributed by atoms with van der Waals surface area (Å²) in [5.41, 5.74) is 8.51. The van der Waals surface area contributed by atoms with Crippen LogP contribution in [0, 0.1) is 6.92 Å². The van der Waals surface area contributed by atoms with Crippen molar-refractivity contribution in [3.8, 4) is 10.6 Å². The van der Waals surface area contributed by atoms with Crippen molar-refractivity contribution < 1.29 is 0 Å². The Balaban J connectivity index is 1.87. The minimum atomic E-state index is 0.764. The van der Waals surface area contributed by atoms with Crippen molar-refractivity contribution in [2.45, 2.75) is 6.92 Å². The lowest BCUT2D eigenvalue weighted by molar-refractivity contribution is 1.37. The third kappa shape index (κ3) is 2.62. The molecule has 3 rings (SSSR count). The third-order valence-electron chi connectivity index (χ3n) is 2.71. The molecule has 0 unspecified atom stereocenters. The quantitative estimate of drug-likeness (QED) is 0.697. The number of thiazole rings is 1. The van der Waals surface area contributed by atoms with Crippen LogP contribution < -0.4 is 11.1 Å². The molecule has 0 saturated carbocycles. The molecule has 2 aromatic heterocycles. The van der Waals surface area contributed by atoms with Gasteiger partial charge in [0, 0.05) is 16.3 Å². The lowest BCUT2D eigenvalue weighted by Crippen LogP contribution is -1.90. The Labute approximate surface area is 119 Å². The molecular formula is C14H13N3S2. The molecule has 19 heavy (non-hydrogen) atoms. The summed E-state index contributed by atoms with van der Waals surface area (Å²) in [5.74, 6) is 0. The lowest BCUT2D eigenvalue weighted by atomic mass is 10.3. The van der Waals surface area contributed by atoms with Gasteiger partial charge in [-0.1, -0.05) is 6.07 Å². The van der Waals surface area contributed by atoms with E-state index in [-0.39, 0.29) is 0 Å². The molecular weight excluding hydrogens is 274 g/mol. The number of thiophene rings is 1. The van der Waals surface area contributed by atoms with E-state index in [2.05, 4.69) is 28.7 Å². The van der Waals surface area contributed by atoms with Gasteiger partial charge in [0.25, 0.3) is 0 Å². The normalized spacial score (nSPS) is 10.6. The van der Waals surface area contributed by atoms with Crippen molar-refractivity contribution in [1.29, 1.82) is 0 Å². The monoisotopic (exact) mass is 287 g/mol. The van der Waals surface area contributed by atoms with Gasteiger partial charge in [0.2, 0.25) is 0 Å². The van der Waals surface area contributed by atoms with E-state index in [4.69, 9.17) is 5.73 Å². The van der Waals surface area contributed by atoms with Crippen LogP contribution in [0.2, 0.25) is 0 Å². The summed E-state index contributed by atoms with van der Waals surface area (Å²) in [6, 6.07) is 11.8. The van der Waals surface area contributed by atoms with Gasteiger partial charge in [-0.15, -0.1) is 22.7 Å². The first kappa shape index (κ1) is 12.2. The van der Waals surface area contributed by atoms with Crippen molar-refractivity contribution in [2.75, 3.05) is 11.1 Å². The summed E-state index contributed by atoms with van der Waals surface area (Å²) in [6.07, 6.45) is 0. The average Bonchev–Trinajstić information content (AvgIpc) is 3.01. The van der Waals surface area contributed by atoms with Crippen LogP contribution in [0.15, 0.2) is 41.8 Å². The Hall–Kier alpha value is -1.85. The van der Waals surface area contributed by atoms with E-state index in [0.717, 1.165) is 22.2 Å². The molecule has 2 heterocycles. The molecule has 1 aromatic carbocycles. The Kier molecular flexibility index (Phi) is 3.23. The molecule has 0 bridgehead atoms. The SMILES string of the molecule is Cc1sc(Nc2ccc(N)cc2)nc1-c1cccs1. The Bertz CT molecular complexity index is 669. The zero-order valence-electron chi connectivity index (χ0n) is 10.4. The molecule has 0 fully saturated rings. The van der Waals surface area contributed by atoms with Crippen LogP contribution in [-0.4, -0.2) is 4.98 Å². The second kappa shape index (κ2) is 5.03. The summed E-state index contributed by atoms with van der Waals surface area (Å²) in [5, 5.41) is 6.29. The summed E-state index contributed by atoms with van der Waals surface area (Å²) >= 11 is 3.38. The molecule has 3 nitrogen and oxygen atoms in total. The fourth-order valence-corrected chi connectivity index (χ4v) is 3.47. The molecule has 3 aromatic rings. The summed E-state index contributed by atoms with van der Waals surface area (Å²) in [4.78, 5) is 7.09. The van der Waals surface area contributed by atoms with E-state index >= 15 is 0 Å². The molecule has 96 valence electrons. The van der Waals surface area contributed by atoms with Crippen molar-refractivity contribution in [2.24, 2.45) is 0 Å². The first-order valence-corrected chi connectivity index (χ1v) is 7.56. The van der Waals surface area contributed by atoms with Gasteiger partial charge in [-0.25, -0.2) is 4.98 Å². The van der Waals surface area contributed by atoms with Crippen LogP contribution in [-0.2, 0) is 0 Å². The van der Waals surface area contributed by atoms with Crippen molar-refractivity contribution in [3.63, 3.8) is 0 Å². The van der Waals surface area contributed by atoms with E-state index in [9.17, 15) is 0 Å². The summed E-state index contributed by atoms with van der Waals surface area (Å²) < 4.78 is 0. The number of nitrogen functional groups attached to an aromatic ring is 1. The fraction of sp³-hybridized carbons (Fsp3) is 0.0714. The van der Waals surface area contributed by atoms with Crippen LogP contribution in [0.3, 0.4) is 0 Å². The third-order valence-corrected chi connectivity index (χ3v) is 4.48. The molecule has 0 radical (unpaired) electrons. The zero-order chi connectivity index (χ0) is 13.2. The topological polar surface area (TPSA) is 50.9 Å². The van der Waals surface area contributed by atoms with Gasteiger partial charge in [-0.3, -0.25) is 0 Å². The van der Waals surface area contributed by atoms with Gasteiger partial charge in [-0.2, -0.15) is 0 Å². The first-order chi connectivity index (χ1) is 9.22. The molecule has 0 aliphatic heterocycles. The maximum Gasteiger partial charge on any atom is 0.187 e.